The Morgan fingerprint density at radius 3 is 0.835 bits per heavy atom. The SMILES string of the molecule is CCCCCCCCCCCCCCCCCCCC(O)C(CO)NC(=O)CCCCCCCCCCCCCCCCCCC/C=C\CCCCCCCCCCCCCCCCOC(=O)CCCCCCCCCCCCCCCCCC. The van der Waals surface area contributed by atoms with Gasteiger partial charge in [-0.3, -0.25) is 9.59 Å². The Morgan fingerprint density at radius 2 is 0.553 bits per heavy atom. The molecule has 6 heteroatoms. The van der Waals surface area contributed by atoms with Gasteiger partial charge in [-0.15, -0.1) is 0 Å². The normalized spacial score (nSPS) is 12.5. The number of allylic oxidation sites excluding steroid dienone is 2. The second-order valence-electron chi connectivity index (χ2n) is 27.4. The molecule has 506 valence electrons. The van der Waals surface area contributed by atoms with Crippen LogP contribution in [0, 0.1) is 0 Å². The van der Waals surface area contributed by atoms with Crippen LogP contribution in [0.2, 0.25) is 0 Å². The van der Waals surface area contributed by atoms with Crippen LogP contribution in [-0.4, -0.2) is 47.4 Å². The standard InChI is InChI=1S/C79H155NO5/c1-3-5-7-9-11-13-15-17-19-40-43-47-51-55-59-63-67-71-77(82)76(75-81)80-78(83)72-68-64-60-56-52-48-44-41-38-36-34-32-30-28-26-24-22-21-23-25-27-29-31-33-35-37-39-42-46-50-54-58-62-66-70-74-85-79(84)73-69-65-61-57-53-49-45-20-18-16-14-12-10-8-6-4-2/h23,25,76-77,81-82H,3-22,24,26-75H2,1-2H3,(H,80,83)/b25-23-. The number of ether oxygens (including phenoxy) is 1. The van der Waals surface area contributed by atoms with Gasteiger partial charge in [-0.2, -0.15) is 0 Å². The molecular weight excluding hydrogens is 1040 g/mol. The summed E-state index contributed by atoms with van der Waals surface area (Å²) >= 11 is 0. The van der Waals surface area contributed by atoms with E-state index in [2.05, 4.69) is 31.3 Å². The van der Waals surface area contributed by atoms with Crippen molar-refractivity contribution in [2.75, 3.05) is 13.2 Å². The van der Waals surface area contributed by atoms with Crippen LogP contribution >= 0.6 is 0 Å². The minimum atomic E-state index is -0.661. The summed E-state index contributed by atoms with van der Waals surface area (Å²) in [6.45, 7) is 5.01. The number of unbranched alkanes of at least 4 members (excludes halogenated alkanes) is 62. The molecule has 0 saturated carbocycles. The number of nitrogens with one attached hydrogen (secondary N) is 1. The molecule has 0 aromatic heterocycles. The van der Waals surface area contributed by atoms with Gasteiger partial charge < -0.3 is 20.3 Å². The molecule has 0 aliphatic rings. The monoisotopic (exact) mass is 1200 g/mol. The summed E-state index contributed by atoms with van der Waals surface area (Å²) in [6.07, 6.45) is 94.5. The highest BCUT2D eigenvalue weighted by Gasteiger charge is 2.20. The summed E-state index contributed by atoms with van der Waals surface area (Å²) in [6, 6.07) is -0.538. The molecule has 0 rings (SSSR count). The second-order valence-corrected chi connectivity index (χ2v) is 27.4. The number of carbonyl (C=O) groups excluding carboxylic acids is 2. The average molecular weight is 1200 g/mol. The van der Waals surface area contributed by atoms with Crippen molar-refractivity contribution >= 4 is 11.9 Å². The summed E-state index contributed by atoms with van der Waals surface area (Å²) in [7, 11) is 0. The average Bonchev–Trinajstić information content (AvgIpc) is 3.51. The molecule has 3 N–H and O–H groups in total. The minimum Gasteiger partial charge on any atom is -0.466 e. The van der Waals surface area contributed by atoms with E-state index in [1.54, 1.807) is 0 Å². The zero-order valence-corrected chi connectivity index (χ0v) is 58.1. The lowest BCUT2D eigenvalue weighted by Crippen LogP contribution is -2.45. The molecular formula is C79H155NO5. The molecule has 0 bridgehead atoms. The highest BCUT2D eigenvalue weighted by molar-refractivity contribution is 5.76. The number of carbonyl (C=O) groups is 2. The van der Waals surface area contributed by atoms with E-state index >= 15 is 0 Å². The van der Waals surface area contributed by atoms with Crippen LogP contribution in [0.25, 0.3) is 0 Å². The van der Waals surface area contributed by atoms with Crippen molar-refractivity contribution in [3.05, 3.63) is 12.2 Å². The molecule has 2 atom stereocenters. The number of esters is 1. The van der Waals surface area contributed by atoms with Gasteiger partial charge in [-0.1, -0.05) is 405 Å². The quantitative estimate of drug-likeness (QED) is 0.0320. The van der Waals surface area contributed by atoms with Crippen molar-refractivity contribution < 1.29 is 24.5 Å². The fourth-order valence-corrected chi connectivity index (χ4v) is 12.8. The van der Waals surface area contributed by atoms with Crippen LogP contribution in [-0.2, 0) is 14.3 Å². The van der Waals surface area contributed by atoms with Crippen LogP contribution in [0.15, 0.2) is 12.2 Å². The number of amides is 1. The first-order chi connectivity index (χ1) is 42.0. The van der Waals surface area contributed by atoms with Gasteiger partial charge in [0.25, 0.3) is 0 Å². The lowest BCUT2D eigenvalue weighted by molar-refractivity contribution is -0.143. The van der Waals surface area contributed by atoms with Crippen molar-refractivity contribution in [2.24, 2.45) is 0 Å². The van der Waals surface area contributed by atoms with Crippen LogP contribution in [0.1, 0.15) is 457 Å². The predicted molar refractivity (Wildman–Crippen MR) is 375 cm³/mol. The van der Waals surface area contributed by atoms with Crippen molar-refractivity contribution in [1.82, 2.24) is 5.32 Å². The van der Waals surface area contributed by atoms with Gasteiger partial charge in [0.2, 0.25) is 5.91 Å². The minimum absolute atomic E-state index is 0.0249. The molecule has 0 radical (unpaired) electrons. The summed E-state index contributed by atoms with van der Waals surface area (Å²) in [5.41, 5.74) is 0. The van der Waals surface area contributed by atoms with Gasteiger partial charge in [-0.05, 0) is 51.4 Å². The van der Waals surface area contributed by atoms with Gasteiger partial charge in [-0.25, -0.2) is 0 Å². The third kappa shape index (κ3) is 71.6. The number of rotatable bonds is 75. The highest BCUT2D eigenvalue weighted by atomic mass is 16.5. The van der Waals surface area contributed by atoms with E-state index in [4.69, 9.17) is 4.74 Å². The molecule has 1 amide bonds. The van der Waals surface area contributed by atoms with Crippen molar-refractivity contribution in [2.45, 2.75) is 469 Å². The lowest BCUT2D eigenvalue weighted by atomic mass is 10.0. The molecule has 85 heavy (non-hydrogen) atoms. The Hall–Kier alpha value is -1.40. The first kappa shape index (κ1) is 83.6. The fraction of sp³-hybridized carbons (Fsp3) is 0.949. The summed E-state index contributed by atoms with van der Waals surface area (Å²) < 4.78 is 5.51. The predicted octanol–water partition coefficient (Wildman–Crippen LogP) is 25.9. The number of hydrogen-bond donors (Lipinski definition) is 3. The highest BCUT2D eigenvalue weighted by Crippen LogP contribution is 2.20. The van der Waals surface area contributed by atoms with E-state index in [1.165, 1.54) is 385 Å². The molecule has 2 unspecified atom stereocenters. The molecule has 0 fully saturated rings. The maximum absolute atomic E-state index is 12.5. The Morgan fingerprint density at radius 1 is 0.318 bits per heavy atom. The smallest absolute Gasteiger partial charge is 0.305 e. The van der Waals surface area contributed by atoms with Crippen LogP contribution in [0.4, 0.5) is 0 Å². The van der Waals surface area contributed by atoms with Crippen LogP contribution in [0.3, 0.4) is 0 Å². The zero-order valence-electron chi connectivity index (χ0n) is 58.1. The Kier molecular flexibility index (Phi) is 73.8. The molecule has 6 nitrogen and oxygen atoms in total. The lowest BCUT2D eigenvalue weighted by Gasteiger charge is -2.22. The Balaban J connectivity index is 3.32. The largest absolute Gasteiger partial charge is 0.466 e. The topological polar surface area (TPSA) is 95.9 Å². The van der Waals surface area contributed by atoms with Gasteiger partial charge in [0.15, 0.2) is 0 Å². The molecule has 0 aliphatic carbocycles. The maximum atomic E-state index is 12.5. The molecule has 0 heterocycles. The first-order valence-electron chi connectivity index (χ1n) is 39.4. The molecule has 0 saturated heterocycles. The zero-order chi connectivity index (χ0) is 61.3. The van der Waals surface area contributed by atoms with Gasteiger partial charge >= 0.3 is 5.97 Å². The van der Waals surface area contributed by atoms with E-state index < -0.39 is 12.1 Å². The van der Waals surface area contributed by atoms with E-state index in [0.29, 0.717) is 25.9 Å². The van der Waals surface area contributed by atoms with Crippen molar-refractivity contribution in [3.8, 4) is 0 Å². The summed E-state index contributed by atoms with van der Waals surface area (Å²) in [4.78, 5) is 24.6. The van der Waals surface area contributed by atoms with E-state index in [0.717, 1.165) is 38.5 Å². The van der Waals surface area contributed by atoms with Crippen molar-refractivity contribution in [1.29, 1.82) is 0 Å². The van der Waals surface area contributed by atoms with Crippen LogP contribution < -0.4 is 5.32 Å². The number of hydrogen-bond acceptors (Lipinski definition) is 5. The Bertz CT molecular complexity index is 1290. The number of aliphatic hydroxyl groups is 2. The fourth-order valence-electron chi connectivity index (χ4n) is 12.8. The van der Waals surface area contributed by atoms with E-state index in [1.807, 2.05) is 0 Å². The van der Waals surface area contributed by atoms with Gasteiger partial charge in [0.1, 0.15) is 0 Å². The molecule has 0 spiro atoms. The van der Waals surface area contributed by atoms with Crippen LogP contribution in [0.5, 0.6) is 0 Å². The molecule has 0 aromatic carbocycles. The third-order valence-electron chi connectivity index (χ3n) is 18.8. The maximum Gasteiger partial charge on any atom is 0.305 e. The van der Waals surface area contributed by atoms with E-state index in [9.17, 15) is 19.8 Å². The van der Waals surface area contributed by atoms with Gasteiger partial charge in [0, 0.05) is 12.8 Å². The summed E-state index contributed by atoms with van der Waals surface area (Å²) in [5, 5.41) is 23.4. The summed E-state index contributed by atoms with van der Waals surface area (Å²) in [5.74, 6) is -0.00192. The Labute approximate surface area is 533 Å². The molecule has 0 aromatic rings. The second kappa shape index (κ2) is 75.1. The molecule has 0 aliphatic heterocycles. The third-order valence-corrected chi connectivity index (χ3v) is 18.8. The van der Waals surface area contributed by atoms with Gasteiger partial charge in [0.05, 0.1) is 25.4 Å². The van der Waals surface area contributed by atoms with Crippen molar-refractivity contribution in [3.63, 3.8) is 0 Å². The van der Waals surface area contributed by atoms with E-state index in [-0.39, 0.29) is 18.5 Å². The number of aliphatic hydroxyl groups excluding tert-OH is 2. The first-order valence-corrected chi connectivity index (χ1v) is 39.4.